The van der Waals surface area contributed by atoms with Crippen molar-refractivity contribution < 1.29 is 4.74 Å². The van der Waals surface area contributed by atoms with Crippen molar-refractivity contribution in [3.8, 4) is 5.75 Å². The molecule has 7 nitrogen and oxygen atoms in total. The average Bonchev–Trinajstić information content (AvgIpc) is 2.67. The summed E-state index contributed by atoms with van der Waals surface area (Å²) >= 11 is 0. The Morgan fingerprint density at radius 2 is 1.76 bits per heavy atom. The number of hydrogen-bond donors (Lipinski definition) is 1. The van der Waals surface area contributed by atoms with Gasteiger partial charge in [0.15, 0.2) is 5.82 Å². The van der Waals surface area contributed by atoms with Crippen molar-refractivity contribution in [2.45, 2.75) is 13.8 Å². The fourth-order valence-corrected chi connectivity index (χ4v) is 2.80. The first-order valence-corrected chi connectivity index (χ1v) is 8.73. The van der Waals surface area contributed by atoms with Crippen LogP contribution in [0.15, 0.2) is 30.5 Å². The number of benzene rings is 1. The van der Waals surface area contributed by atoms with Gasteiger partial charge in [0.2, 0.25) is 5.95 Å². The van der Waals surface area contributed by atoms with Crippen LogP contribution >= 0.6 is 0 Å². The third kappa shape index (κ3) is 4.49. The van der Waals surface area contributed by atoms with Crippen molar-refractivity contribution in [2.24, 2.45) is 5.92 Å². The highest BCUT2D eigenvalue weighted by molar-refractivity contribution is 5.51. The van der Waals surface area contributed by atoms with E-state index in [0.717, 1.165) is 44.3 Å². The van der Waals surface area contributed by atoms with E-state index in [0.29, 0.717) is 11.9 Å². The molecule has 25 heavy (non-hydrogen) atoms. The van der Waals surface area contributed by atoms with Crippen LogP contribution in [0.5, 0.6) is 5.75 Å². The molecule has 3 rings (SSSR count). The fourth-order valence-electron chi connectivity index (χ4n) is 2.80. The van der Waals surface area contributed by atoms with E-state index in [-0.39, 0.29) is 0 Å². The standard InChI is InChI=1S/C18H26N6O/c1-14(2)12-19-18-21-17(13-20-22-18)24-10-8-23(9-11-24)15-4-6-16(25-3)7-5-15/h4-7,13-14H,8-12H2,1-3H3,(H,19,21,22). The highest BCUT2D eigenvalue weighted by atomic mass is 16.5. The van der Waals surface area contributed by atoms with E-state index in [2.05, 4.69) is 56.3 Å². The minimum absolute atomic E-state index is 0.542. The number of ether oxygens (including phenoxy) is 1. The number of aromatic nitrogens is 3. The lowest BCUT2D eigenvalue weighted by atomic mass is 10.2. The van der Waals surface area contributed by atoms with Gasteiger partial charge in [-0.2, -0.15) is 10.1 Å². The number of nitrogens with zero attached hydrogens (tertiary/aromatic N) is 5. The molecule has 0 atom stereocenters. The van der Waals surface area contributed by atoms with Crippen LogP contribution in [0.1, 0.15) is 13.8 Å². The zero-order valence-corrected chi connectivity index (χ0v) is 15.1. The summed E-state index contributed by atoms with van der Waals surface area (Å²) in [4.78, 5) is 9.23. The Kier molecular flexibility index (Phi) is 5.53. The van der Waals surface area contributed by atoms with E-state index < -0.39 is 0 Å². The summed E-state index contributed by atoms with van der Waals surface area (Å²) in [5.41, 5.74) is 1.22. The van der Waals surface area contributed by atoms with Crippen LogP contribution in [-0.4, -0.2) is 55.0 Å². The molecule has 0 aliphatic carbocycles. The van der Waals surface area contributed by atoms with Crippen LogP contribution in [0, 0.1) is 5.92 Å². The zero-order valence-electron chi connectivity index (χ0n) is 15.1. The zero-order chi connectivity index (χ0) is 17.6. The first-order chi connectivity index (χ1) is 12.2. The summed E-state index contributed by atoms with van der Waals surface area (Å²) in [6.45, 7) is 8.88. The molecule has 0 bridgehead atoms. The second kappa shape index (κ2) is 8.00. The third-order valence-electron chi connectivity index (χ3n) is 4.26. The molecule has 0 amide bonds. The lowest BCUT2D eigenvalue weighted by molar-refractivity contribution is 0.415. The monoisotopic (exact) mass is 342 g/mol. The van der Waals surface area contributed by atoms with Gasteiger partial charge in [0.25, 0.3) is 0 Å². The molecule has 134 valence electrons. The molecule has 0 radical (unpaired) electrons. The van der Waals surface area contributed by atoms with Gasteiger partial charge in [-0.25, -0.2) is 0 Å². The summed E-state index contributed by atoms with van der Waals surface area (Å²) in [5, 5.41) is 11.4. The topological polar surface area (TPSA) is 66.4 Å². The Bertz CT molecular complexity index is 668. The minimum atomic E-state index is 0.542. The largest absolute Gasteiger partial charge is 0.497 e. The van der Waals surface area contributed by atoms with Crippen LogP contribution in [0.25, 0.3) is 0 Å². The molecule has 1 N–H and O–H groups in total. The van der Waals surface area contributed by atoms with Gasteiger partial charge in [-0.1, -0.05) is 13.8 Å². The molecule has 0 spiro atoms. The highest BCUT2D eigenvalue weighted by Crippen LogP contribution is 2.22. The van der Waals surface area contributed by atoms with E-state index in [1.807, 2.05) is 12.1 Å². The number of hydrogen-bond acceptors (Lipinski definition) is 7. The summed E-state index contributed by atoms with van der Waals surface area (Å²) < 4.78 is 5.22. The smallest absolute Gasteiger partial charge is 0.244 e. The summed E-state index contributed by atoms with van der Waals surface area (Å²) in [6, 6.07) is 8.22. The maximum absolute atomic E-state index is 5.22. The van der Waals surface area contributed by atoms with Gasteiger partial charge in [0.1, 0.15) is 5.75 Å². The predicted octanol–water partition coefficient (Wildman–Crippen LogP) is 2.27. The Hall–Kier alpha value is -2.57. The van der Waals surface area contributed by atoms with Crippen molar-refractivity contribution in [2.75, 3.05) is 55.0 Å². The highest BCUT2D eigenvalue weighted by Gasteiger charge is 2.19. The molecule has 1 aromatic carbocycles. The molecule has 0 saturated carbocycles. The Labute approximate surface area is 149 Å². The maximum atomic E-state index is 5.22. The van der Waals surface area contributed by atoms with Crippen molar-refractivity contribution in [1.82, 2.24) is 15.2 Å². The average molecular weight is 342 g/mol. The third-order valence-corrected chi connectivity index (χ3v) is 4.26. The van der Waals surface area contributed by atoms with E-state index in [1.54, 1.807) is 13.3 Å². The van der Waals surface area contributed by atoms with Crippen LogP contribution < -0.4 is 19.9 Å². The molecule has 0 unspecified atom stereocenters. The quantitative estimate of drug-likeness (QED) is 0.864. The van der Waals surface area contributed by atoms with Crippen LogP contribution in [0.2, 0.25) is 0 Å². The van der Waals surface area contributed by atoms with Gasteiger partial charge < -0.3 is 19.9 Å². The lowest BCUT2D eigenvalue weighted by Crippen LogP contribution is -2.47. The molecule has 1 saturated heterocycles. The second-order valence-electron chi connectivity index (χ2n) is 6.59. The van der Waals surface area contributed by atoms with Crippen molar-refractivity contribution >= 4 is 17.5 Å². The summed E-state index contributed by atoms with van der Waals surface area (Å²) in [7, 11) is 1.69. The van der Waals surface area contributed by atoms with Crippen molar-refractivity contribution in [3.63, 3.8) is 0 Å². The number of methoxy groups -OCH3 is 1. The van der Waals surface area contributed by atoms with E-state index in [4.69, 9.17) is 4.74 Å². The van der Waals surface area contributed by atoms with Crippen LogP contribution in [0.3, 0.4) is 0 Å². The van der Waals surface area contributed by atoms with Crippen LogP contribution in [0.4, 0.5) is 17.5 Å². The van der Waals surface area contributed by atoms with E-state index in [1.165, 1.54) is 5.69 Å². The van der Waals surface area contributed by atoms with Gasteiger partial charge in [-0.15, -0.1) is 5.10 Å². The fraction of sp³-hybridized carbons (Fsp3) is 0.500. The normalized spacial score (nSPS) is 14.7. The summed E-state index contributed by atoms with van der Waals surface area (Å²) in [5.74, 6) is 2.91. The summed E-state index contributed by atoms with van der Waals surface area (Å²) in [6.07, 6.45) is 1.74. The molecular weight excluding hydrogens is 316 g/mol. The van der Waals surface area contributed by atoms with Crippen molar-refractivity contribution in [3.05, 3.63) is 30.5 Å². The van der Waals surface area contributed by atoms with Gasteiger partial charge >= 0.3 is 0 Å². The van der Waals surface area contributed by atoms with Gasteiger partial charge in [0.05, 0.1) is 13.3 Å². The Morgan fingerprint density at radius 3 is 2.40 bits per heavy atom. The van der Waals surface area contributed by atoms with Gasteiger partial charge in [0, 0.05) is 38.4 Å². The number of anilines is 3. The number of nitrogens with one attached hydrogen (secondary N) is 1. The van der Waals surface area contributed by atoms with Gasteiger partial charge in [-0.3, -0.25) is 0 Å². The van der Waals surface area contributed by atoms with E-state index >= 15 is 0 Å². The number of rotatable bonds is 6. The van der Waals surface area contributed by atoms with Crippen molar-refractivity contribution in [1.29, 1.82) is 0 Å². The maximum Gasteiger partial charge on any atom is 0.244 e. The van der Waals surface area contributed by atoms with Crippen LogP contribution in [-0.2, 0) is 0 Å². The predicted molar refractivity (Wildman–Crippen MR) is 101 cm³/mol. The first-order valence-electron chi connectivity index (χ1n) is 8.73. The molecule has 1 aromatic heterocycles. The Balaban J connectivity index is 1.59. The molecule has 2 heterocycles. The van der Waals surface area contributed by atoms with E-state index in [9.17, 15) is 0 Å². The SMILES string of the molecule is COc1ccc(N2CCN(c3cnnc(NCC(C)C)n3)CC2)cc1. The second-order valence-corrected chi connectivity index (χ2v) is 6.59. The van der Waals surface area contributed by atoms with Gasteiger partial charge in [-0.05, 0) is 30.2 Å². The molecule has 2 aromatic rings. The molecule has 1 fully saturated rings. The number of piperazine rings is 1. The lowest BCUT2D eigenvalue weighted by Gasteiger charge is -2.36. The minimum Gasteiger partial charge on any atom is -0.497 e. The molecule has 1 aliphatic heterocycles. The molecule has 1 aliphatic rings. The molecule has 7 heteroatoms. The molecular formula is C18H26N6O. The first kappa shape index (κ1) is 17.3. The Morgan fingerprint density at radius 1 is 1.08 bits per heavy atom.